The second-order valence-electron chi connectivity index (χ2n) is 4.69. The van der Waals surface area contributed by atoms with Crippen molar-refractivity contribution in [2.45, 2.75) is 25.2 Å². The number of rotatable bonds is 3. The summed E-state index contributed by atoms with van der Waals surface area (Å²) in [4.78, 5) is 2.07. The van der Waals surface area contributed by atoms with Crippen molar-refractivity contribution in [2.75, 3.05) is 19.6 Å². The SMILES string of the molecule is FC(F)(F)CC1CN(Cc2ccccc2)CCN1. The Labute approximate surface area is 105 Å². The minimum atomic E-state index is -4.09. The fourth-order valence-corrected chi connectivity index (χ4v) is 2.30. The summed E-state index contributed by atoms with van der Waals surface area (Å²) >= 11 is 0. The van der Waals surface area contributed by atoms with Crippen molar-refractivity contribution < 1.29 is 13.2 Å². The molecule has 5 heteroatoms. The molecule has 1 aromatic rings. The Morgan fingerprint density at radius 1 is 1.22 bits per heavy atom. The van der Waals surface area contributed by atoms with Crippen LogP contribution < -0.4 is 5.32 Å². The minimum absolute atomic E-state index is 0.453. The third-order valence-electron chi connectivity index (χ3n) is 3.07. The summed E-state index contributed by atoms with van der Waals surface area (Å²) in [5, 5.41) is 2.93. The van der Waals surface area contributed by atoms with Gasteiger partial charge in [-0.3, -0.25) is 4.90 Å². The molecule has 0 radical (unpaired) electrons. The van der Waals surface area contributed by atoms with E-state index in [1.807, 2.05) is 30.3 Å². The molecule has 0 spiro atoms. The van der Waals surface area contributed by atoms with Gasteiger partial charge in [-0.05, 0) is 5.56 Å². The zero-order valence-electron chi connectivity index (χ0n) is 10.1. The number of alkyl halides is 3. The lowest BCUT2D eigenvalue weighted by Crippen LogP contribution is -2.51. The van der Waals surface area contributed by atoms with Gasteiger partial charge in [-0.1, -0.05) is 30.3 Å². The van der Waals surface area contributed by atoms with E-state index in [-0.39, 0.29) is 0 Å². The van der Waals surface area contributed by atoms with Crippen LogP contribution in [-0.4, -0.2) is 36.8 Å². The van der Waals surface area contributed by atoms with Crippen LogP contribution in [0.5, 0.6) is 0 Å². The minimum Gasteiger partial charge on any atom is -0.311 e. The monoisotopic (exact) mass is 258 g/mol. The van der Waals surface area contributed by atoms with Crippen LogP contribution in [0, 0.1) is 0 Å². The highest BCUT2D eigenvalue weighted by atomic mass is 19.4. The highest BCUT2D eigenvalue weighted by Crippen LogP contribution is 2.23. The van der Waals surface area contributed by atoms with Gasteiger partial charge in [0.15, 0.2) is 0 Å². The molecule has 1 saturated heterocycles. The Kier molecular flexibility index (Phi) is 4.24. The third-order valence-corrected chi connectivity index (χ3v) is 3.07. The van der Waals surface area contributed by atoms with E-state index in [1.165, 1.54) is 0 Å². The van der Waals surface area contributed by atoms with E-state index in [4.69, 9.17) is 0 Å². The maximum absolute atomic E-state index is 12.3. The molecule has 100 valence electrons. The molecule has 1 N–H and O–H groups in total. The molecule has 1 aliphatic rings. The van der Waals surface area contributed by atoms with Gasteiger partial charge in [0.2, 0.25) is 0 Å². The van der Waals surface area contributed by atoms with E-state index in [2.05, 4.69) is 10.2 Å². The van der Waals surface area contributed by atoms with Crippen molar-refractivity contribution in [3.05, 3.63) is 35.9 Å². The van der Waals surface area contributed by atoms with Crippen molar-refractivity contribution in [3.8, 4) is 0 Å². The van der Waals surface area contributed by atoms with Gasteiger partial charge in [0, 0.05) is 32.2 Å². The van der Waals surface area contributed by atoms with Crippen LogP contribution in [0.1, 0.15) is 12.0 Å². The van der Waals surface area contributed by atoms with Crippen molar-refractivity contribution in [1.29, 1.82) is 0 Å². The second kappa shape index (κ2) is 5.71. The molecule has 0 amide bonds. The average Bonchev–Trinajstić information content (AvgIpc) is 2.28. The van der Waals surface area contributed by atoms with E-state index >= 15 is 0 Å². The summed E-state index contributed by atoms with van der Waals surface area (Å²) in [6.07, 6.45) is -4.84. The number of nitrogens with zero attached hydrogens (tertiary/aromatic N) is 1. The lowest BCUT2D eigenvalue weighted by molar-refractivity contribution is -0.142. The molecule has 0 aromatic heterocycles. The smallest absolute Gasteiger partial charge is 0.311 e. The Hall–Kier alpha value is -1.07. The molecule has 1 heterocycles. The van der Waals surface area contributed by atoms with Gasteiger partial charge in [0.25, 0.3) is 0 Å². The summed E-state index contributed by atoms with van der Waals surface area (Å²) in [5.41, 5.74) is 1.14. The average molecular weight is 258 g/mol. The highest BCUT2D eigenvalue weighted by molar-refractivity contribution is 5.14. The quantitative estimate of drug-likeness (QED) is 0.895. The van der Waals surface area contributed by atoms with Crippen molar-refractivity contribution >= 4 is 0 Å². The second-order valence-corrected chi connectivity index (χ2v) is 4.69. The fourth-order valence-electron chi connectivity index (χ4n) is 2.30. The number of halogens is 3. The zero-order valence-corrected chi connectivity index (χ0v) is 10.1. The zero-order chi connectivity index (χ0) is 13.0. The molecule has 0 aliphatic carbocycles. The Balaban J connectivity index is 1.87. The Morgan fingerprint density at radius 3 is 2.61 bits per heavy atom. The normalized spacial score (nSPS) is 22.1. The molecule has 1 fully saturated rings. The highest BCUT2D eigenvalue weighted by Gasteiger charge is 2.33. The van der Waals surface area contributed by atoms with E-state index in [0.29, 0.717) is 13.1 Å². The predicted octanol–water partition coefficient (Wildman–Crippen LogP) is 2.41. The standard InChI is InChI=1S/C13H17F3N2/c14-13(15,16)8-12-10-18(7-6-17-12)9-11-4-2-1-3-5-11/h1-5,12,17H,6-10H2. The fraction of sp³-hybridized carbons (Fsp3) is 0.538. The molecule has 1 aliphatic heterocycles. The molecule has 1 atom stereocenters. The first kappa shape index (κ1) is 13.4. The van der Waals surface area contributed by atoms with Crippen molar-refractivity contribution in [1.82, 2.24) is 10.2 Å². The maximum Gasteiger partial charge on any atom is 0.390 e. The van der Waals surface area contributed by atoms with Crippen LogP contribution in [0.4, 0.5) is 13.2 Å². The lowest BCUT2D eigenvalue weighted by Gasteiger charge is -2.34. The van der Waals surface area contributed by atoms with Crippen LogP contribution in [0.2, 0.25) is 0 Å². The molecule has 0 bridgehead atoms. The molecule has 18 heavy (non-hydrogen) atoms. The molecular formula is C13H17F3N2. The topological polar surface area (TPSA) is 15.3 Å². The first-order chi connectivity index (χ1) is 8.53. The van der Waals surface area contributed by atoms with Gasteiger partial charge >= 0.3 is 6.18 Å². The number of hydrogen-bond donors (Lipinski definition) is 1. The van der Waals surface area contributed by atoms with Crippen LogP contribution in [-0.2, 0) is 6.54 Å². The van der Waals surface area contributed by atoms with E-state index < -0.39 is 18.6 Å². The van der Waals surface area contributed by atoms with Crippen molar-refractivity contribution in [3.63, 3.8) is 0 Å². The number of benzene rings is 1. The molecular weight excluding hydrogens is 241 g/mol. The third kappa shape index (κ3) is 4.31. The lowest BCUT2D eigenvalue weighted by atomic mass is 10.1. The van der Waals surface area contributed by atoms with E-state index in [9.17, 15) is 13.2 Å². The summed E-state index contributed by atoms with van der Waals surface area (Å²) in [6.45, 7) is 2.59. The number of hydrogen-bond acceptors (Lipinski definition) is 2. The summed E-state index contributed by atoms with van der Waals surface area (Å²) in [5.74, 6) is 0. The van der Waals surface area contributed by atoms with Gasteiger partial charge in [-0.25, -0.2) is 0 Å². The molecule has 0 saturated carbocycles. The van der Waals surface area contributed by atoms with E-state index in [0.717, 1.165) is 18.7 Å². The van der Waals surface area contributed by atoms with Crippen LogP contribution in [0.3, 0.4) is 0 Å². The first-order valence-electron chi connectivity index (χ1n) is 6.09. The largest absolute Gasteiger partial charge is 0.390 e. The van der Waals surface area contributed by atoms with Gasteiger partial charge in [-0.2, -0.15) is 13.2 Å². The molecule has 1 unspecified atom stereocenters. The summed E-state index contributed by atoms with van der Waals surface area (Å²) in [6, 6.07) is 9.35. The molecule has 2 rings (SSSR count). The van der Waals surface area contributed by atoms with Crippen LogP contribution >= 0.6 is 0 Å². The number of piperazine rings is 1. The summed E-state index contributed by atoms with van der Waals surface area (Å²) < 4.78 is 37.0. The molecule has 2 nitrogen and oxygen atoms in total. The van der Waals surface area contributed by atoms with Gasteiger partial charge < -0.3 is 5.32 Å². The summed E-state index contributed by atoms with van der Waals surface area (Å²) in [7, 11) is 0. The van der Waals surface area contributed by atoms with Gasteiger partial charge in [0.05, 0.1) is 6.42 Å². The first-order valence-corrected chi connectivity index (χ1v) is 6.09. The number of nitrogens with one attached hydrogen (secondary N) is 1. The molecule has 1 aromatic carbocycles. The Bertz CT molecular complexity index is 364. The van der Waals surface area contributed by atoms with E-state index in [1.54, 1.807) is 0 Å². The van der Waals surface area contributed by atoms with Crippen LogP contribution in [0.25, 0.3) is 0 Å². The van der Waals surface area contributed by atoms with Gasteiger partial charge in [0.1, 0.15) is 0 Å². The maximum atomic E-state index is 12.3. The van der Waals surface area contributed by atoms with Crippen molar-refractivity contribution in [2.24, 2.45) is 0 Å². The van der Waals surface area contributed by atoms with Crippen LogP contribution in [0.15, 0.2) is 30.3 Å². The predicted molar refractivity (Wildman–Crippen MR) is 64.2 cm³/mol. The Morgan fingerprint density at radius 2 is 1.94 bits per heavy atom. The van der Waals surface area contributed by atoms with Gasteiger partial charge in [-0.15, -0.1) is 0 Å².